The van der Waals surface area contributed by atoms with E-state index in [1.165, 1.54) is 18.3 Å². The van der Waals surface area contributed by atoms with Crippen LogP contribution in [0.3, 0.4) is 0 Å². The smallest absolute Gasteiger partial charge is 0.216 e. The molecule has 1 aromatic carbocycles. The maximum absolute atomic E-state index is 13.7. The molecule has 1 aromatic heterocycles. The number of piperazine rings is 1. The Morgan fingerprint density at radius 1 is 1.38 bits per heavy atom. The summed E-state index contributed by atoms with van der Waals surface area (Å²) in [4.78, 5) is 4.44. The molecule has 0 spiro atoms. The molecule has 24 heavy (non-hydrogen) atoms. The van der Waals surface area contributed by atoms with E-state index in [4.69, 9.17) is 0 Å². The maximum Gasteiger partial charge on any atom is 0.216 e. The second-order valence-corrected chi connectivity index (χ2v) is 5.50. The topological polar surface area (TPSA) is 96.8 Å². The van der Waals surface area contributed by atoms with Gasteiger partial charge >= 0.3 is 0 Å². The lowest BCUT2D eigenvalue weighted by molar-refractivity contribution is 0.313. The van der Waals surface area contributed by atoms with Crippen LogP contribution in [0.4, 0.5) is 15.8 Å². The monoisotopic (exact) mass is 328 g/mol. The van der Waals surface area contributed by atoms with Crippen molar-refractivity contribution in [3.8, 4) is 6.07 Å². The normalized spacial score (nSPS) is 16.0. The molecule has 1 aliphatic rings. The molecular formula is C15H17FN8. The molecule has 8 nitrogen and oxygen atoms in total. The first-order valence-electron chi connectivity index (χ1n) is 7.51. The number of benzene rings is 1. The fourth-order valence-electron chi connectivity index (χ4n) is 2.52. The molecule has 2 N–H and O–H groups in total. The number of halogens is 1. The molecule has 0 amide bonds. The number of nitrogens with one attached hydrogen (secondary N) is 2. The van der Waals surface area contributed by atoms with Crippen molar-refractivity contribution in [2.45, 2.75) is 0 Å². The molecule has 1 aliphatic heterocycles. The van der Waals surface area contributed by atoms with Crippen molar-refractivity contribution in [1.82, 2.24) is 25.5 Å². The number of aromatic amines is 1. The zero-order valence-electron chi connectivity index (χ0n) is 13.2. The van der Waals surface area contributed by atoms with E-state index in [0.717, 1.165) is 31.9 Å². The molecule has 0 aliphatic carbocycles. The summed E-state index contributed by atoms with van der Waals surface area (Å²) < 4.78 is 13.7. The first-order chi connectivity index (χ1) is 11.7. The first-order valence-corrected chi connectivity index (χ1v) is 7.51. The van der Waals surface area contributed by atoms with Crippen LogP contribution in [0.2, 0.25) is 0 Å². The average Bonchev–Trinajstić information content (AvgIpc) is 3.11. The summed E-state index contributed by atoms with van der Waals surface area (Å²) in [6, 6.07) is 6.59. The second-order valence-electron chi connectivity index (χ2n) is 5.50. The minimum atomic E-state index is -0.346. The number of hydrogen-bond donors (Lipinski definition) is 2. The lowest BCUT2D eigenvalue weighted by Crippen LogP contribution is -2.44. The molecule has 0 unspecified atom stereocenters. The quantitative estimate of drug-likeness (QED) is 0.810. The van der Waals surface area contributed by atoms with Crippen LogP contribution in [-0.2, 0) is 0 Å². The zero-order chi connectivity index (χ0) is 16.9. The van der Waals surface area contributed by atoms with Gasteiger partial charge in [0, 0.05) is 32.4 Å². The third-order valence-corrected chi connectivity index (χ3v) is 3.88. The van der Waals surface area contributed by atoms with Crippen molar-refractivity contribution < 1.29 is 4.39 Å². The molecule has 0 atom stereocenters. The van der Waals surface area contributed by atoms with E-state index in [0.29, 0.717) is 5.69 Å². The van der Waals surface area contributed by atoms with Crippen molar-refractivity contribution in [2.24, 2.45) is 0 Å². The number of nitriles is 1. The Balaban J connectivity index is 1.85. The Labute approximate surface area is 138 Å². The number of tetrazole rings is 1. The largest absolute Gasteiger partial charge is 0.367 e. The van der Waals surface area contributed by atoms with Gasteiger partial charge in [0.15, 0.2) is 0 Å². The van der Waals surface area contributed by atoms with Crippen LogP contribution in [0.25, 0.3) is 5.57 Å². The fraction of sp³-hybridized carbons (Fsp3) is 0.333. The van der Waals surface area contributed by atoms with Crippen molar-refractivity contribution in [3.05, 3.63) is 36.0 Å². The van der Waals surface area contributed by atoms with Gasteiger partial charge < -0.3 is 15.1 Å². The summed E-state index contributed by atoms with van der Waals surface area (Å²) in [5, 5.41) is 25.5. The van der Waals surface area contributed by atoms with E-state index in [9.17, 15) is 9.65 Å². The number of hydrogen-bond acceptors (Lipinski definition) is 7. The average molecular weight is 328 g/mol. The number of H-pyrrole nitrogens is 1. The van der Waals surface area contributed by atoms with Crippen molar-refractivity contribution in [1.29, 1.82) is 5.26 Å². The highest BCUT2D eigenvalue weighted by Gasteiger charge is 2.17. The van der Waals surface area contributed by atoms with Crippen LogP contribution < -0.4 is 10.2 Å². The van der Waals surface area contributed by atoms with E-state index < -0.39 is 0 Å². The van der Waals surface area contributed by atoms with Gasteiger partial charge in [-0.3, -0.25) is 0 Å². The Bertz CT molecular complexity index is 756. The van der Waals surface area contributed by atoms with Gasteiger partial charge in [-0.2, -0.15) is 10.5 Å². The molecule has 2 aromatic rings. The standard InChI is InChI=1S/C15H17FN8/c1-23-4-6-24(7-5-23)14-3-2-12(16)8-13(14)18-10-11(9-17)15-19-21-22-20-15/h2-3,8,10,18H,4-7H2,1H3,(H,19,20,21,22). The van der Waals surface area contributed by atoms with Gasteiger partial charge in [0.05, 0.1) is 11.4 Å². The lowest BCUT2D eigenvalue weighted by atomic mass is 10.2. The highest BCUT2D eigenvalue weighted by Crippen LogP contribution is 2.28. The maximum atomic E-state index is 13.7. The number of rotatable bonds is 4. The summed E-state index contributed by atoms with van der Waals surface area (Å²) in [5.41, 5.74) is 1.69. The molecular weight excluding hydrogens is 311 g/mol. The predicted octanol–water partition coefficient (Wildman–Crippen LogP) is 1.07. The molecule has 0 radical (unpaired) electrons. The second kappa shape index (κ2) is 7.06. The van der Waals surface area contributed by atoms with Gasteiger partial charge in [-0.05, 0) is 30.5 Å². The minimum absolute atomic E-state index is 0.183. The highest BCUT2D eigenvalue weighted by atomic mass is 19.1. The minimum Gasteiger partial charge on any atom is -0.367 e. The van der Waals surface area contributed by atoms with Gasteiger partial charge in [-0.1, -0.05) is 0 Å². The first kappa shape index (κ1) is 15.9. The highest BCUT2D eigenvalue weighted by molar-refractivity contribution is 5.77. The van der Waals surface area contributed by atoms with Crippen LogP contribution in [-0.4, -0.2) is 58.8 Å². The van der Waals surface area contributed by atoms with Crippen molar-refractivity contribution in [2.75, 3.05) is 43.4 Å². The molecule has 2 heterocycles. The Kier molecular flexibility index (Phi) is 4.67. The number of likely N-dealkylation sites (N-methyl/N-ethyl adjacent to an activating group) is 1. The molecule has 124 valence electrons. The van der Waals surface area contributed by atoms with E-state index in [-0.39, 0.29) is 17.2 Å². The van der Waals surface area contributed by atoms with Crippen LogP contribution in [0.15, 0.2) is 24.4 Å². The third-order valence-electron chi connectivity index (χ3n) is 3.88. The summed E-state index contributed by atoms with van der Waals surface area (Å²) in [7, 11) is 2.08. The molecule has 0 bridgehead atoms. The van der Waals surface area contributed by atoms with Crippen LogP contribution in [0.1, 0.15) is 5.82 Å². The van der Waals surface area contributed by atoms with E-state index in [1.54, 1.807) is 6.07 Å². The number of allylic oxidation sites excluding steroid dienone is 1. The molecule has 0 saturated carbocycles. The SMILES string of the molecule is CN1CCN(c2ccc(F)cc2NC=C(C#N)c2nn[nH]n2)CC1. The van der Waals surface area contributed by atoms with Gasteiger partial charge in [0.1, 0.15) is 17.5 Å². The Hall–Kier alpha value is -2.99. The van der Waals surface area contributed by atoms with E-state index >= 15 is 0 Å². The number of nitrogens with zero attached hydrogens (tertiary/aromatic N) is 6. The molecule has 3 rings (SSSR count). The van der Waals surface area contributed by atoms with Crippen LogP contribution in [0.5, 0.6) is 0 Å². The number of anilines is 2. The third kappa shape index (κ3) is 3.49. The van der Waals surface area contributed by atoms with Crippen LogP contribution in [0, 0.1) is 17.1 Å². The van der Waals surface area contributed by atoms with Crippen molar-refractivity contribution >= 4 is 16.9 Å². The summed E-state index contributed by atoms with van der Waals surface area (Å²) >= 11 is 0. The predicted molar refractivity (Wildman–Crippen MR) is 87.5 cm³/mol. The molecule has 1 fully saturated rings. The fourth-order valence-corrected chi connectivity index (χ4v) is 2.52. The van der Waals surface area contributed by atoms with Crippen LogP contribution >= 0.6 is 0 Å². The molecule has 1 saturated heterocycles. The van der Waals surface area contributed by atoms with Gasteiger partial charge in [0.2, 0.25) is 5.82 Å². The van der Waals surface area contributed by atoms with Gasteiger partial charge in [0.25, 0.3) is 0 Å². The summed E-state index contributed by atoms with van der Waals surface area (Å²) in [5.74, 6) is -0.163. The van der Waals surface area contributed by atoms with E-state index in [1.807, 2.05) is 6.07 Å². The summed E-state index contributed by atoms with van der Waals surface area (Å²) in [6.45, 7) is 3.60. The summed E-state index contributed by atoms with van der Waals surface area (Å²) in [6.07, 6.45) is 1.46. The van der Waals surface area contributed by atoms with Crippen molar-refractivity contribution in [3.63, 3.8) is 0 Å². The Morgan fingerprint density at radius 3 is 2.83 bits per heavy atom. The van der Waals surface area contributed by atoms with Gasteiger partial charge in [-0.25, -0.2) is 4.39 Å². The van der Waals surface area contributed by atoms with Gasteiger partial charge in [-0.15, -0.1) is 10.2 Å². The lowest BCUT2D eigenvalue weighted by Gasteiger charge is -2.35. The molecule has 9 heteroatoms. The Morgan fingerprint density at radius 2 is 2.17 bits per heavy atom. The number of aromatic nitrogens is 4. The van der Waals surface area contributed by atoms with E-state index in [2.05, 4.69) is 42.8 Å². The zero-order valence-corrected chi connectivity index (χ0v) is 13.2.